The molecule has 0 aliphatic rings. The summed E-state index contributed by atoms with van der Waals surface area (Å²) >= 11 is 3.47. The molecule has 4 nitrogen and oxygen atoms in total. The Kier molecular flexibility index (Phi) is 3.58. The van der Waals surface area contributed by atoms with Crippen molar-refractivity contribution in [3.8, 4) is 0 Å². The first-order valence-electron chi connectivity index (χ1n) is 7.42. The molecule has 116 valence electrons. The topological polar surface area (TPSA) is 54.5 Å². The number of thioether (sulfide) groups is 1. The molecule has 0 radical (unpaired) electrons. The van der Waals surface area contributed by atoms with Gasteiger partial charge in [-0.05, 0) is 38.5 Å². The largest absolute Gasteiger partial charge is 0.341 e. The molecule has 1 aromatic carbocycles. The van der Waals surface area contributed by atoms with Crippen LogP contribution < -0.4 is 0 Å². The van der Waals surface area contributed by atoms with E-state index in [-0.39, 0.29) is 0 Å². The molecule has 3 heterocycles. The molecule has 0 saturated heterocycles. The van der Waals surface area contributed by atoms with Gasteiger partial charge in [-0.25, -0.2) is 15.0 Å². The number of para-hydroxylation sites is 2. The maximum Gasteiger partial charge on any atom is 0.128 e. The van der Waals surface area contributed by atoms with E-state index in [0.717, 1.165) is 38.3 Å². The first-order chi connectivity index (χ1) is 11.1. The van der Waals surface area contributed by atoms with Gasteiger partial charge in [-0.1, -0.05) is 23.9 Å². The number of nitrogens with one attached hydrogen (secondary N) is 1. The number of imidazole rings is 1. The molecule has 1 N–H and O–H groups in total. The third kappa shape index (κ3) is 2.62. The Bertz CT molecular complexity index is 983. The van der Waals surface area contributed by atoms with Gasteiger partial charge >= 0.3 is 0 Å². The quantitative estimate of drug-likeness (QED) is 0.430. The second-order valence-electron chi connectivity index (χ2n) is 5.53. The third-order valence-corrected chi connectivity index (χ3v) is 5.98. The van der Waals surface area contributed by atoms with E-state index in [4.69, 9.17) is 0 Å². The highest BCUT2D eigenvalue weighted by Crippen LogP contribution is 2.36. The molecule has 0 bridgehead atoms. The van der Waals surface area contributed by atoms with Gasteiger partial charge in [0.1, 0.15) is 21.5 Å². The van der Waals surface area contributed by atoms with Gasteiger partial charge in [-0.2, -0.15) is 0 Å². The lowest BCUT2D eigenvalue weighted by molar-refractivity contribution is 1.01. The summed E-state index contributed by atoms with van der Waals surface area (Å²) in [5.74, 6) is 2.57. The fourth-order valence-electron chi connectivity index (χ4n) is 2.63. The third-order valence-electron chi connectivity index (χ3n) is 3.89. The Morgan fingerprint density at radius 2 is 1.91 bits per heavy atom. The summed E-state index contributed by atoms with van der Waals surface area (Å²) in [5.41, 5.74) is 3.38. The number of aryl methyl sites for hydroxylation is 3. The van der Waals surface area contributed by atoms with Crippen LogP contribution in [0.3, 0.4) is 0 Å². The van der Waals surface area contributed by atoms with Crippen LogP contribution >= 0.6 is 23.1 Å². The van der Waals surface area contributed by atoms with Crippen molar-refractivity contribution in [1.29, 1.82) is 0 Å². The van der Waals surface area contributed by atoms with Crippen molar-refractivity contribution >= 4 is 44.3 Å². The molecular weight excluding hydrogens is 324 g/mol. The van der Waals surface area contributed by atoms with E-state index >= 15 is 0 Å². The van der Waals surface area contributed by atoms with Crippen molar-refractivity contribution in [1.82, 2.24) is 19.9 Å². The molecule has 0 fully saturated rings. The summed E-state index contributed by atoms with van der Waals surface area (Å²) < 4.78 is 0. The predicted molar refractivity (Wildman–Crippen MR) is 97.3 cm³/mol. The van der Waals surface area contributed by atoms with E-state index < -0.39 is 0 Å². The van der Waals surface area contributed by atoms with Crippen molar-refractivity contribution in [2.24, 2.45) is 0 Å². The maximum absolute atomic E-state index is 4.66. The number of aromatic amines is 1. The van der Waals surface area contributed by atoms with Crippen molar-refractivity contribution < 1.29 is 0 Å². The number of rotatable bonds is 3. The second kappa shape index (κ2) is 5.62. The lowest BCUT2D eigenvalue weighted by Gasteiger charge is -2.03. The molecule has 3 aromatic heterocycles. The van der Waals surface area contributed by atoms with Crippen molar-refractivity contribution in [2.75, 3.05) is 0 Å². The van der Waals surface area contributed by atoms with Gasteiger partial charge in [-0.15, -0.1) is 11.3 Å². The lowest BCUT2D eigenvalue weighted by atomic mass is 10.2. The molecule has 6 heteroatoms. The molecule has 0 amide bonds. The number of benzene rings is 1. The van der Waals surface area contributed by atoms with Crippen LogP contribution in [0.25, 0.3) is 21.3 Å². The number of fused-ring (bicyclic) bond motifs is 2. The van der Waals surface area contributed by atoms with Crippen molar-refractivity contribution in [2.45, 2.75) is 31.6 Å². The van der Waals surface area contributed by atoms with Gasteiger partial charge in [0.15, 0.2) is 0 Å². The average Bonchev–Trinajstić information content (AvgIpc) is 3.06. The van der Waals surface area contributed by atoms with Crippen LogP contribution in [-0.4, -0.2) is 19.9 Å². The minimum Gasteiger partial charge on any atom is -0.341 e. The van der Waals surface area contributed by atoms with Crippen LogP contribution in [0.2, 0.25) is 0 Å². The van der Waals surface area contributed by atoms with E-state index in [9.17, 15) is 0 Å². The zero-order chi connectivity index (χ0) is 16.0. The van der Waals surface area contributed by atoms with Crippen molar-refractivity contribution in [3.63, 3.8) is 0 Å². The Morgan fingerprint density at radius 1 is 1.09 bits per heavy atom. The SMILES string of the molecule is Cc1nc(SCc2nc3ccccc3[nH]2)c2c(C)c(C)sc2n1. The van der Waals surface area contributed by atoms with Crippen LogP contribution in [0.5, 0.6) is 0 Å². The average molecular weight is 340 g/mol. The second-order valence-corrected chi connectivity index (χ2v) is 7.70. The zero-order valence-electron chi connectivity index (χ0n) is 13.2. The zero-order valence-corrected chi connectivity index (χ0v) is 14.8. The molecule has 4 aromatic rings. The van der Waals surface area contributed by atoms with Crippen LogP contribution in [0, 0.1) is 20.8 Å². The highest BCUT2D eigenvalue weighted by atomic mass is 32.2. The van der Waals surface area contributed by atoms with Crippen LogP contribution in [-0.2, 0) is 5.75 Å². The summed E-state index contributed by atoms with van der Waals surface area (Å²) in [6.45, 7) is 6.25. The number of thiophene rings is 1. The van der Waals surface area contributed by atoms with Crippen LogP contribution in [0.1, 0.15) is 22.1 Å². The van der Waals surface area contributed by atoms with Crippen LogP contribution in [0.4, 0.5) is 0 Å². The van der Waals surface area contributed by atoms with E-state index in [2.05, 4.69) is 39.8 Å². The number of H-pyrrole nitrogens is 1. The lowest BCUT2D eigenvalue weighted by Crippen LogP contribution is -1.92. The first kappa shape index (κ1) is 14.7. The number of aromatic nitrogens is 4. The molecule has 0 unspecified atom stereocenters. The summed E-state index contributed by atoms with van der Waals surface area (Å²) in [4.78, 5) is 19.6. The van der Waals surface area contributed by atoms with Gasteiger partial charge < -0.3 is 4.98 Å². The Labute approximate surface area is 142 Å². The Balaban J connectivity index is 1.69. The minimum atomic E-state index is 0.772. The van der Waals surface area contributed by atoms with Crippen LogP contribution in [0.15, 0.2) is 29.3 Å². The monoisotopic (exact) mass is 340 g/mol. The number of nitrogens with zero attached hydrogens (tertiary/aromatic N) is 3. The predicted octanol–water partition coefficient (Wildman–Crippen LogP) is 4.79. The van der Waals surface area contributed by atoms with Crippen molar-refractivity contribution in [3.05, 3.63) is 46.4 Å². The molecule has 0 aliphatic carbocycles. The summed E-state index contributed by atoms with van der Waals surface area (Å²) in [5, 5.41) is 2.24. The van der Waals surface area contributed by atoms with Gasteiger partial charge in [0.05, 0.1) is 16.8 Å². The molecule has 23 heavy (non-hydrogen) atoms. The molecular formula is C17H16N4S2. The van der Waals surface area contributed by atoms with Gasteiger partial charge in [0.2, 0.25) is 0 Å². The number of hydrogen-bond donors (Lipinski definition) is 1. The van der Waals surface area contributed by atoms with E-state index in [0.29, 0.717) is 0 Å². The van der Waals surface area contributed by atoms with Gasteiger partial charge in [0, 0.05) is 10.3 Å². The molecule has 4 rings (SSSR count). The van der Waals surface area contributed by atoms with E-state index in [1.807, 2.05) is 25.1 Å². The maximum atomic E-state index is 4.66. The molecule has 0 spiro atoms. The summed E-state index contributed by atoms with van der Waals surface area (Å²) in [7, 11) is 0. The highest BCUT2D eigenvalue weighted by molar-refractivity contribution is 7.98. The molecule has 0 aliphatic heterocycles. The van der Waals surface area contributed by atoms with Gasteiger partial charge in [-0.3, -0.25) is 0 Å². The minimum absolute atomic E-state index is 0.772. The van der Waals surface area contributed by atoms with E-state index in [1.54, 1.807) is 23.1 Å². The standard InChI is InChI=1S/C17H16N4S2/c1-9-10(2)23-17-15(9)16(18-11(3)19-17)22-8-14-20-12-6-4-5-7-13(12)21-14/h4-7H,8H2,1-3H3,(H,20,21). The van der Waals surface area contributed by atoms with E-state index in [1.165, 1.54) is 15.8 Å². The number of hydrogen-bond acceptors (Lipinski definition) is 5. The fourth-order valence-corrected chi connectivity index (χ4v) is 4.77. The first-order valence-corrected chi connectivity index (χ1v) is 9.23. The van der Waals surface area contributed by atoms with Gasteiger partial charge in [0.25, 0.3) is 0 Å². The smallest absolute Gasteiger partial charge is 0.128 e. The molecule has 0 saturated carbocycles. The highest BCUT2D eigenvalue weighted by Gasteiger charge is 2.14. The summed E-state index contributed by atoms with van der Waals surface area (Å²) in [6, 6.07) is 8.11. The summed E-state index contributed by atoms with van der Waals surface area (Å²) in [6.07, 6.45) is 0. The Hall–Kier alpha value is -1.92. The normalized spacial score (nSPS) is 11.6. The fraction of sp³-hybridized carbons (Fsp3) is 0.235. The molecule has 0 atom stereocenters. The Morgan fingerprint density at radius 3 is 2.74 bits per heavy atom.